The van der Waals surface area contributed by atoms with E-state index in [9.17, 15) is 4.79 Å². The van der Waals surface area contributed by atoms with Crippen LogP contribution < -0.4 is 9.54 Å². The number of benzene rings is 2. The molecular formula is C22H26N2O2S. The summed E-state index contributed by atoms with van der Waals surface area (Å²) in [4.78, 5) is 18.0. The van der Waals surface area contributed by atoms with Crippen molar-refractivity contribution < 1.29 is 9.53 Å². The third kappa shape index (κ3) is 3.69. The van der Waals surface area contributed by atoms with Gasteiger partial charge in [-0.3, -0.25) is 4.79 Å². The van der Waals surface area contributed by atoms with Crippen LogP contribution in [0.5, 0.6) is 5.75 Å². The molecule has 142 valence electrons. The lowest BCUT2D eigenvalue weighted by Gasteiger charge is -2.09. The van der Waals surface area contributed by atoms with Gasteiger partial charge in [-0.15, -0.1) is 0 Å². The van der Waals surface area contributed by atoms with Gasteiger partial charge < -0.3 is 9.30 Å². The van der Waals surface area contributed by atoms with Gasteiger partial charge in [0.05, 0.1) is 18.2 Å². The summed E-state index contributed by atoms with van der Waals surface area (Å²) in [5.41, 5.74) is 6.76. The van der Waals surface area contributed by atoms with E-state index in [1.165, 1.54) is 5.56 Å². The van der Waals surface area contributed by atoms with Gasteiger partial charge in [-0.05, 0) is 62.9 Å². The summed E-state index contributed by atoms with van der Waals surface area (Å²) >= 11 is 1.55. The van der Waals surface area contributed by atoms with Crippen molar-refractivity contribution in [2.24, 2.45) is 4.99 Å². The van der Waals surface area contributed by atoms with Crippen molar-refractivity contribution in [2.75, 3.05) is 7.11 Å². The van der Waals surface area contributed by atoms with Crippen molar-refractivity contribution in [1.29, 1.82) is 0 Å². The first-order chi connectivity index (χ1) is 12.8. The van der Waals surface area contributed by atoms with E-state index in [2.05, 4.69) is 56.3 Å². The van der Waals surface area contributed by atoms with Gasteiger partial charge in [0.25, 0.3) is 5.91 Å². The van der Waals surface area contributed by atoms with E-state index in [4.69, 9.17) is 4.74 Å². The van der Waals surface area contributed by atoms with Crippen LogP contribution in [-0.4, -0.2) is 17.6 Å². The van der Waals surface area contributed by atoms with Gasteiger partial charge in [0, 0.05) is 6.54 Å². The number of hydrogen-bond acceptors (Lipinski definition) is 3. The second-order valence-electron chi connectivity index (χ2n) is 6.95. The Hall–Kier alpha value is -2.40. The second kappa shape index (κ2) is 7.69. The average Bonchev–Trinajstić information content (AvgIpc) is 2.97. The Bertz CT molecular complexity index is 1070. The first-order valence-electron chi connectivity index (χ1n) is 9.16. The predicted molar refractivity (Wildman–Crippen MR) is 112 cm³/mol. The van der Waals surface area contributed by atoms with Crippen LogP contribution in [0, 0.1) is 27.7 Å². The molecule has 0 spiro atoms. The van der Waals surface area contributed by atoms with Gasteiger partial charge >= 0.3 is 0 Å². The zero-order valence-electron chi connectivity index (χ0n) is 16.8. The fourth-order valence-corrected chi connectivity index (χ4v) is 4.80. The Morgan fingerprint density at radius 2 is 1.78 bits per heavy atom. The highest BCUT2D eigenvalue weighted by molar-refractivity contribution is 7.16. The summed E-state index contributed by atoms with van der Waals surface area (Å²) in [6.45, 7) is 11.1. The molecule has 3 aromatic rings. The van der Waals surface area contributed by atoms with Gasteiger partial charge in [0.15, 0.2) is 4.80 Å². The molecule has 0 aliphatic carbocycles. The Kier molecular flexibility index (Phi) is 5.51. The number of ether oxygens (including phenoxy) is 1. The Balaban J connectivity index is 2.08. The number of carbonyl (C=O) groups is 1. The number of fused-ring (bicyclic) bond motifs is 1. The standard InChI is InChI=1S/C22H26N2O2S/c1-7-24-20-18(26-6)9-8-14(3)21(20)27-22(24)23-19(25)12-17-15(4)10-13(2)11-16(17)5/h8-11H,7,12H2,1-6H3. The lowest BCUT2D eigenvalue weighted by atomic mass is 9.97. The van der Waals surface area contributed by atoms with Crippen LogP contribution in [0.1, 0.15) is 34.7 Å². The number of methoxy groups -OCH3 is 1. The van der Waals surface area contributed by atoms with Crippen molar-refractivity contribution in [3.63, 3.8) is 0 Å². The van der Waals surface area contributed by atoms with Crippen molar-refractivity contribution >= 4 is 27.5 Å². The molecule has 0 unspecified atom stereocenters. The number of hydrogen-bond donors (Lipinski definition) is 0. The first-order valence-corrected chi connectivity index (χ1v) is 9.98. The number of aryl methyl sites for hydroxylation is 5. The number of rotatable bonds is 4. The summed E-state index contributed by atoms with van der Waals surface area (Å²) in [6, 6.07) is 8.26. The van der Waals surface area contributed by atoms with Gasteiger partial charge in [-0.25, -0.2) is 0 Å². The quantitative estimate of drug-likeness (QED) is 0.660. The molecule has 2 aromatic carbocycles. The van der Waals surface area contributed by atoms with E-state index in [1.807, 2.05) is 12.1 Å². The van der Waals surface area contributed by atoms with Crippen LogP contribution in [-0.2, 0) is 17.8 Å². The number of amides is 1. The van der Waals surface area contributed by atoms with Gasteiger partial charge in [0.2, 0.25) is 0 Å². The van der Waals surface area contributed by atoms with Gasteiger partial charge in [-0.2, -0.15) is 4.99 Å². The molecule has 1 amide bonds. The molecule has 4 nitrogen and oxygen atoms in total. The zero-order chi connectivity index (χ0) is 19.7. The summed E-state index contributed by atoms with van der Waals surface area (Å²) < 4.78 is 8.73. The summed E-state index contributed by atoms with van der Waals surface area (Å²) in [7, 11) is 1.67. The molecule has 0 bridgehead atoms. The maximum atomic E-state index is 12.8. The normalized spacial score (nSPS) is 12.0. The monoisotopic (exact) mass is 382 g/mol. The largest absolute Gasteiger partial charge is 0.495 e. The molecule has 0 saturated carbocycles. The molecule has 0 fully saturated rings. The Morgan fingerprint density at radius 3 is 2.37 bits per heavy atom. The van der Waals surface area contributed by atoms with Crippen LogP contribution >= 0.6 is 11.3 Å². The molecule has 27 heavy (non-hydrogen) atoms. The van der Waals surface area contributed by atoms with E-state index >= 15 is 0 Å². The molecule has 3 rings (SSSR count). The van der Waals surface area contributed by atoms with E-state index in [0.29, 0.717) is 6.42 Å². The maximum Gasteiger partial charge on any atom is 0.252 e. The Morgan fingerprint density at radius 1 is 1.11 bits per heavy atom. The molecule has 0 atom stereocenters. The number of aromatic nitrogens is 1. The molecule has 0 radical (unpaired) electrons. The van der Waals surface area contributed by atoms with E-state index in [0.717, 1.165) is 49.6 Å². The minimum atomic E-state index is -0.115. The number of nitrogens with zero attached hydrogens (tertiary/aromatic N) is 2. The minimum Gasteiger partial charge on any atom is -0.495 e. The molecule has 0 saturated heterocycles. The fraction of sp³-hybridized carbons (Fsp3) is 0.364. The molecule has 0 aliphatic heterocycles. The maximum absolute atomic E-state index is 12.8. The molecular weight excluding hydrogens is 356 g/mol. The lowest BCUT2D eigenvalue weighted by molar-refractivity contribution is -0.117. The van der Waals surface area contributed by atoms with E-state index in [1.54, 1.807) is 18.4 Å². The number of carbonyl (C=O) groups excluding carboxylic acids is 1. The highest BCUT2D eigenvalue weighted by Gasteiger charge is 2.14. The SMILES string of the molecule is CCn1c(=NC(=O)Cc2c(C)cc(C)cc2C)sc2c(C)ccc(OC)c21. The van der Waals surface area contributed by atoms with Crippen LogP contribution in [0.2, 0.25) is 0 Å². The van der Waals surface area contributed by atoms with Crippen molar-refractivity contribution in [1.82, 2.24) is 4.57 Å². The van der Waals surface area contributed by atoms with Crippen molar-refractivity contribution in [3.05, 3.63) is 56.9 Å². The highest BCUT2D eigenvalue weighted by Crippen LogP contribution is 2.30. The summed E-state index contributed by atoms with van der Waals surface area (Å²) in [5, 5.41) is 0. The van der Waals surface area contributed by atoms with Crippen LogP contribution in [0.4, 0.5) is 0 Å². The highest BCUT2D eigenvalue weighted by atomic mass is 32.1. The second-order valence-corrected chi connectivity index (χ2v) is 7.93. The smallest absolute Gasteiger partial charge is 0.252 e. The first kappa shape index (κ1) is 19.4. The molecule has 0 aliphatic rings. The Labute approximate surface area is 164 Å². The van der Waals surface area contributed by atoms with Crippen LogP contribution in [0.25, 0.3) is 10.2 Å². The topological polar surface area (TPSA) is 43.6 Å². The lowest BCUT2D eigenvalue weighted by Crippen LogP contribution is -2.17. The van der Waals surface area contributed by atoms with E-state index in [-0.39, 0.29) is 5.91 Å². The average molecular weight is 383 g/mol. The van der Waals surface area contributed by atoms with Crippen LogP contribution in [0.3, 0.4) is 0 Å². The molecule has 0 N–H and O–H groups in total. The van der Waals surface area contributed by atoms with Crippen molar-refractivity contribution in [2.45, 2.75) is 47.6 Å². The van der Waals surface area contributed by atoms with Crippen molar-refractivity contribution in [3.8, 4) is 5.75 Å². The van der Waals surface area contributed by atoms with Gasteiger partial charge in [0.1, 0.15) is 11.3 Å². The third-order valence-corrected chi connectivity index (χ3v) is 6.12. The zero-order valence-corrected chi connectivity index (χ0v) is 17.7. The van der Waals surface area contributed by atoms with Gasteiger partial charge in [-0.1, -0.05) is 35.1 Å². The van der Waals surface area contributed by atoms with Crippen LogP contribution in [0.15, 0.2) is 29.3 Å². The predicted octanol–water partition coefficient (Wildman–Crippen LogP) is 4.63. The molecule has 1 heterocycles. The molecule has 1 aromatic heterocycles. The number of thiazole rings is 1. The summed E-state index contributed by atoms with van der Waals surface area (Å²) in [5.74, 6) is 0.697. The minimum absolute atomic E-state index is 0.115. The summed E-state index contributed by atoms with van der Waals surface area (Å²) in [6.07, 6.45) is 0.325. The third-order valence-electron chi connectivity index (χ3n) is 4.91. The fourth-order valence-electron chi connectivity index (χ4n) is 3.61. The molecule has 5 heteroatoms. The van der Waals surface area contributed by atoms with E-state index < -0.39 is 0 Å².